The van der Waals surface area contributed by atoms with Gasteiger partial charge in [-0.3, -0.25) is 4.84 Å². The van der Waals surface area contributed by atoms with E-state index in [4.69, 9.17) is 27.2 Å². The minimum atomic E-state index is -1.04. The number of nitrogens with two attached hydrogens (primary N) is 3. The van der Waals surface area contributed by atoms with Gasteiger partial charge < -0.3 is 26.4 Å². The highest BCUT2D eigenvalue weighted by molar-refractivity contribution is 4.92. The summed E-state index contributed by atoms with van der Waals surface area (Å²) < 4.78 is 5.06. The van der Waals surface area contributed by atoms with Crippen LogP contribution in [0.25, 0.3) is 0 Å². The molecule has 0 aliphatic carbocycles. The Hall–Kier alpha value is -0.280. The standard InChI is InChI=1S/C6H15N3O4/c7-3-4(11)5(13-9)2(1-10)12-6(3)8/h2-6,10-11H,1,7-9H2/t2?,3?,4?,5-,6-/m1/s1. The maximum absolute atomic E-state index is 9.51. The van der Waals surface area contributed by atoms with E-state index in [1.165, 1.54) is 0 Å². The summed E-state index contributed by atoms with van der Waals surface area (Å²) in [6.07, 6.45) is -3.45. The van der Waals surface area contributed by atoms with E-state index >= 15 is 0 Å². The Kier molecular flexibility index (Phi) is 3.56. The second-order valence-corrected chi connectivity index (χ2v) is 2.99. The SMILES string of the molecule is NO[C@@H]1C(CO)O[C@@H](N)C(N)C1O. The first-order valence-corrected chi connectivity index (χ1v) is 3.93. The Morgan fingerprint density at radius 1 is 1.38 bits per heavy atom. The summed E-state index contributed by atoms with van der Waals surface area (Å²) in [5.74, 6) is 4.92. The van der Waals surface area contributed by atoms with Crippen molar-refractivity contribution >= 4 is 0 Å². The average molecular weight is 193 g/mol. The van der Waals surface area contributed by atoms with Crippen LogP contribution < -0.4 is 17.4 Å². The number of rotatable bonds is 2. The normalized spacial score (nSPS) is 46.4. The molecule has 0 aromatic heterocycles. The van der Waals surface area contributed by atoms with Crippen molar-refractivity contribution in [2.24, 2.45) is 17.4 Å². The zero-order valence-electron chi connectivity index (χ0n) is 7.04. The van der Waals surface area contributed by atoms with Gasteiger partial charge >= 0.3 is 0 Å². The summed E-state index contributed by atoms with van der Waals surface area (Å²) in [5.41, 5.74) is 10.9. The predicted molar refractivity (Wildman–Crippen MR) is 43.0 cm³/mol. The van der Waals surface area contributed by atoms with Crippen LogP contribution in [0.1, 0.15) is 0 Å². The van der Waals surface area contributed by atoms with Gasteiger partial charge in [0.1, 0.15) is 24.5 Å². The molecule has 5 atom stereocenters. The molecule has 0 radical (unpaired) electrons. The van der Waals surface area contributed by atoms with Crippen molar-refractivity contribution in [3.63, 3.8) is 0 Å². The maximum Gasteiger partial charge on any atom is 0.135 e. The summed E-state index contributed by atoms with van der Waals surface area (Å²) in [6, 6.07) is -0.767. The third kappa shape index (κ3) is 1.97. The van der Waals surface area contributed by atoms with Crippen LogP contribution in [0.3, 0.4) is 0 Å². The zero-order chi connectivity index (χ0) is 10.0. The van der Waals surface area contributed by atoms with E-state index < -0.39 is 30.6 Å². The van der Waals surface area contributed by atoms with Gasteiger partial charge in [0.15, 0.2) is 0 Å². The lowest BCUT2D eigenvalue weighted by Crippen LogP contribution is -2.65. The van der Waals surface area contributed by atoms with Crippen LogP contribution in [-0.2, 0) is 9.57 Å². The highest BCUT2D eigenvalue weighted by atomic mass is 16.7. The van der Waals surface area contributed by atoms with E-state index in [1.54, 1.807) is 0 Å². The predicted octanol–water partition coefficient (Wildman–Crippen LogP) is -3.39. The maximum atomic E-state index is 9.51. The summed E-state index contributed by atoms with van der Waals surface area (Å²) in [5, 5.41) is 18.4. The molecule has 1 fully saturated rings. The van der Waals surface area contributed by atoms with Crippen LogP contribution in [0.5, 0.6) is 0 Å². The molecule has 8 N–H and O–H groups in total. The van der Waals surface area contributed by atoms with Crippen LogP contribution in [-0.4, -0.2) is 47.4 Å². The summed E-state index contributed by atoms with van der Waals surface area (Å²) in [7, 11) is 0. The molecule has 0 spiro atoms. The van der Waals surface area contributed by atoms with Crippen LogP contribution in [0.4, 0.5) is 0 Å². The first kappa shape index (κ1) is 10.8. The Bertz CT molecular complexity index is 168. The molecule has 1 rings (SSSR count). The van der Waals surface area contributed by atoms with Crippen LogP contribution in [0.2, 0.25) is 0 Å². The van der Waals surface area contributed by atoms with E-state index in [-0.39, 0.29) is 6.61 Å². The fourth-order valence-corrected chi connectivity index (χ4v) is 1.32. The van der Waals surface area contributed by atoms with Crippen molar-refractivity contribution in [1.82, 2.24) is 0 Å². The summed E-state index contributed by atoms with van der Waals surface area (Å²) >= 11 is 0. The van der Waals surface area contributed by atoms with Crippen molar-refractivity contribution in [3.8, 4) is 0 Å². The number of aliphatic hydroxyl groups excluding tert-OH is 2. The lowest BCUT2D eigenvalue weighted by atomic mass is 9.97. The molecule has 1 aliphatic rings. The number of aliphatic hydroxyl groups is 2. The lowest BCUT2D eigenvalue weighted by Gasteiger charge is -2.40. The lowest BCUT2D eigenvalue weighted by molar-refractivity contribution is -0.205. The van der Waals surface area contributed by atoms with Gasteiger partial charge in [-0.25, -0.2) is 5.90 Å². The first-order valence-electron chi connectivity index (χ1n) is 3.93. The molecule has 7 nitrogen and oxygen atoms in total. The Balaban J connectivity index is 2.69. The monoisotopic (exact) mass is 193 g/mol. The van der Waals surface area contributed by atoms with Crippen molar-refractivity contribution in [2.45, 2.75) is 30.6 Å². The molecule has 0 aromatic rings. The Morgan fingerprint density at radius 2 is 2.00 bits per heavy atom. The Labute approximate surface area is 75.3 Å². The molecule has 0 saturated carbocycles. The second-order valence-electron chi connectivity index (χ2n) is 2.99. The molecule has 0 aromatic carbocycles. The topological polar surface area (TPSA) is 137 Å². The van der Waals surface area contributed by atoms with E-state index in [0.717, 1.165) is 0 Å². The van der Waals surface area contributed by atoms with Crippen LogP contribution in [0, 0.1) is 0 Å². The fraction of sp³-hybridized carbons (Fsp3) is 1.00. The molecule has 1 saturated heterocycles. The molecule has 7 heteroatoms. The number of hydrogen-bond acceptors (Lipinski definition) is 7. The summed E-state index contributed by atoms with van der Waals surface area (Å²) in [6.45, 7) is -0.334. The van der Waals surface area contributed by atoms with Gasteiger partial charge in [0.05, 0.1) is 12.6 Å². The average Bonchev–Trinajstić information content (AvgIpc) is 2.13. The molecular formula is C6H15N3O4. The third-order valence-corrected chi connectivity index (χ3v) is 2.15. The van der Waals surface area contributed by atoms with Gasteiger partial charge in [-0.15, -0.1) is 0 Å². The van der Waals surface area contributed by atoms with Gasteiger partial charge in [0, 0.05) is 0 Å². The molecule has 13 heavy (non-hydrogen) atoms. The molecule has 0 amide bonds. The summed E-state index contributed by atoms with van der Waals surface area (Å²) in [4.78, 5) is 4.46. The quantitative estimate of drug-likeness (QED) is 0.288. The largest absolute Gasteiger partial charge is 0.394 e. The van der Waals surface area contributed by atoms with Gasteiger partial charge in [0.25, 0.3) is 0 Å². The van der Waals surface area contributed by atoms with Gasteiger partial charge in [-0.1, -0.05) is 0 Å². The van der Waals surface area contributed by atoms with Crippen molar-refractivity contribution in [2.75, 3.05) is 6.61 Å². The molecule has 3 unspecified atom stereocenters. The Morgan fingerprint density at radius 3 is 2.46 bits per heavy atom. The number of ether oxygens (including phenoxy) is 1. The van der Waals surface area contributed by atoms with Gasteiger partial charge in [-0.2, -0.15) is 0 Å². The fourth-order valence-electron chi connectivity index (χ4n) is 1.32. The minimum Gasteiger partial charge on any atom is -0.394 e. The van der Waals surface area contributed by atoms with Crippen molar-refractivity contribution < 1.29 is 19.8 Å². The van der Waals surface area contributed by atoms with Gasteiger partial charge in [-0.05, 0) is 0 Å². The molecule has 0 bridgehead atoms. The molecule has 78 valence electrons. The first-order chi connectivity index (χ1) is 6.11. The molecule has 1 heterocycles. The third-order valence-electron chi connectivity index (χ3n) is 2.15. The van der Waals surface area contributed by atoms with Crippen LogP contribution in [0.15, 0.2) is 0 Å². The second kappa shape index (κ2) is 4.29. The zero-order valence-corrected chi connectivity index (χ0v) is 7.04. The van der Waals surface area contributed by atoms with Gasteiger partial charge in [0.2, 0.25) is 0 Å². The van der Waals surface area contributed by atoms with Crippen molar-refractivity contribution in [1.29, 1.82) is 0 Å². The van der Waals surface area contributed by atoms with E-state index in [1.807, 2.05) is 0 Å². The highest BCUT2D eigenvalue weighted by Crippen LogP contribution is 2.18. The van der Waals surface area contributed by atoms with E-state index in [9.17, 15) is 5.11 Å². The minimum absolute atomic E-state index is 0.334. The molecular weight excluding hydrogens is 178 g/mol. The van der Waals surface area contributed by atoms with Crippen molar-refractivity contribution in [3.05, 3.63) is 0 Å². The number of hydrogen-bond donors (Lipinski definition) is 5. The smallest absolute Gasteiger partial charge is 0.135 e. The van der Waals surface area contributed by atoms with E-state index in [2.05, 4.69) is 4.84 Å². The van der Waals surface area contributed by atoms with Crippen LogP contribution >= 0.6 is 0 Å². The molecule has 1 aliphatic heterocycles. The highest BCUT2D eigenvalue weighted by Gasteiger charge is 2.42. The van der Waals surface area contributed by atoms with E-state index in [0.29, 0.717) is 0 Å².